The van der Waals surface area contributed by atoms with Crippen molar-refractivity contribution in [3.63, 3.8) is 0 Å². The summed E-state index contributed by atoms with van der Waals surface area (Å²) in [4.78, 5) is 80.3. The molecule has 0 aromatic heterocycles. The highest BCUT2D eigenvalue weighted by molar-refractivity contribution is 5.93. The number of amides is 5. The van der Waals surface area contributed by atoms with Crippen LogP contribution in [0.3, 0.4) is 0 Å². The van der Waals surface area contributed by atoms with E-state index in [1.807, 2.05) is 27.7 Å². The van der Waals surface area contributed by atoms with Gasteiger partial charge in [0, 0.05) is 13.0 Å². The monoisotopic (exact) mass is 928 g/mol. The quantitative estimate of drug-likeness (QED) is 0.0719. The Morgan fingerprint density at radius 3 is 1.70 bits per heavy atom. The molecule has 0 radical (unpaired) electrons. The molecule has 0 bridgehead atoms. The number of aliphatic hydroxyl groups excluding tert-OH is 4. The molecule has 10 N–H and O–H groups in total. The Balaban J connectivity index is 1.48. The Morgan fingerprint density at radius 2 is 1.15 bits per heavy atom. The molecular weight excluding hydrogens is 861 g/mol. The van der Waals surface area contributed by atoms with Gasteiger partial charge in [-0.15, -0.1) is 0 Å². The van der Waals surface area contributed by atoms with Gasteiger partial charge >= 0.3 is 12.1 Å². The summed E-state index contributed by atoms with van der Waals surface area (Å²) < 4.78 is 21.7. The van der Waals surface area contributed by atoms with E-state index in [9.17, 15) is 49.2 Å². The highest BCUT2D eigenvalue weighted by Gasteiger charge is 2.48. The first-order chi connectivity index (χ1) is 31.1. The van der Waals surface area contributed by atoms with E-state index in [4.69, 9.17) is 18.9 Å². The molecule has 20 nitrogen and oxygen atoms in total. The summed E-state index contributed by atoms with van der Waals surface area (Å²) >= 11 is 0. The van der Waals surface area contributed by atoms with Gasteiger partial charge in [-0.2, -0.15) is 0 Å². The number of alkyl carbamates (subject to hydrolysis) is 1. The Bertz CT molecular complexity index is 1920. The van der Waals surface area contributed by atoms with E-state index in [1.54, 1.807) is 81.4 Å². The lowest BCUT2D eigenvalue weighted by Gasteiger charge is -2.27. The van der Waals surface area contributed by atoms with Crippen molar-refractivity contribution < 1.29 is 68.1 Å². The molecule has 2 saturated heterocycles. The van der Waals surface area contributed by atoms with E-state index >= 15 is 0 Å². The fraction of sp³-hybridized carbons (Fsp3) is 0.609. The molecule has 0 saturated carbocycles. The third-order valence-corrected chi connectivity index (χ3v) is 10.7. The lowest BCUT2D eigenvalue weighted by atomic mass is 10.0. The summed E-state index contributed by atoms with van der Waals surface area (Å²) in [6.07, 6.45) is -12.8. The molecule has 4 rings (SSSR count). The minimum absolute atomic E-state index is 0.0263. The zero-order chi connectivity index (χ0) is 48.9. The number of esters is 1. The molecule has 0 unspecified atom stereocenters. The highest BCUT2D eigenvalue weighted by atomic mass is 16.6. The smallest absolute Gasteiger partial charge is 0.407 e. The van der Waals surface area contributed by atoms with Gasteiger partial charge in [-0.05, 0) is 63.0 Å². The van der Waals surface area contributed by atoms with E-state index in [0.717, 1.165) is 5.56 Å². The molecule has 2 aromatic carbocycles. The number of carbonyl (C=O) groups excluding carboxylic acids is 6. The van der Waals surface area contributed by atoms with Gasteiger partial charge in [-0.25, -0.2) is 9.59 Å². The van der Waals surface area contributed by atoms with Crippen LogP contribution in [-0.4, -0.2) is 149 Å². The molecule has 366 valence electrons. The van der Waals surface area contributed by atoms with Crippen molar-refractivity contribution >= 4 is 35.7 Å². The number of benzene rings is 2. The van der Waals surface area contributed by atoms with Gasteiger partial charge in [0.25, 0.3) is 5.91 Å². The Hall–Kier alpha value is -5.22. The van der Waals surface area contributed by atoms with E-state index in [2.05, 4.69) is 31.9 Å². The van der Waals surface area contributed by atoms with Crippen molar-refractivity contribution in [2.24, 2.45) is 11.8 Å². The second-order valence-electron chi connectivity index (χ2n) is 18.5. The predicted molar refractivity (Wildman–Crippen MR) is 238 cm³/mol. The molecule has 66 heavy (non-hydrogen) atoms. The van der Waals surface area contributed by atoms with Crippen LogP contribution in [0.25, 0.3) is 0 Å². The fourth-order valence-electron chi connectivity index (χ4n) is 7.47. The van der Waals surface area contributed by atoms with Crippen LogP contribution >= 0.6 is 0 Å². The van der Waals surface area contributed by atoms with Crippen molar-refractivity contribution in [1.82, 2.24) is 31.9 Å². The van der Waals surface area contributed by atoms with E-state index < -0.39 is 115 Å². The van der Waals surface area contributed by atoms with Crippen molar-refractivity contribution in [3.8, 4) is 0 Å². The SMILES string of the molecule is COC(=O)[C@H](CC(C)C)NC(=O)[C@H](Cc1ccccc1)N[C@@H]1O[C@@H](NC(=O)[C@H](CC(C)C)NC(=O)[C@H](Cc2ccccc2)NC(=O)[C@@H]2O[C@H](CNC(=O)OC(C)(C)C)[C@H](O)[C@@H]2O)[C@H](O)[C@@H]1O. The predicted octanol–water partition coefficient (Wildman–Crippen LogP) is -0.316. The van der Waals surface area contributed by atoms with E-state index in [-0.39, 0.29) is 37.6 Å². The van der Waals surface area contributed by atoms with Crippen LogP contribution in [0.4, 0.5) is 4.79 Å². The second-order valence-corrected chi connectivity index (χ2v) is 18.5. The summed E-state index contributed by atoms with van der Waals surface area (Å²) in [5.74, 6) is -3.93. The summed E-state index contributed by atoms with van der Waals surface area (Å²) in [6, 6.07) is 12.9. The van der Waals surface area contributed by atoms with E-state index in [0.29, 0.717) is 12.0 Å². The lowest BCUT2D eigenvalue weighted by Crippen LogP contribution is -2.58. The van der Waals surface area contributed by atoms with Crippen LogP contribution in [0, 0.1) is 11.8 Å². The minimum Gasteiger partial charge on any atom is -0.467 e. The molecule has 2 fully saturated rings. The van der Waals surface area contributed by atoms with Crippen LogP contribution in [0.15, 0.2) is 60.7 Å². The molecule has 2 heterocycles. The Kier molecular flexibility index (Phi) is 19.8. The second kappa shape index (κ2) is 24.5. The largest absolute Gasteiger partial charge is 0.467 e. The maximum absolute atomic E-state index is 14.1. The third kappa shape index (κ3) is 16.0. The number of ether oxygens (including phenoxy) is 4. The summed E-state index contributed by atoms with van der Waals surface area (Å²) in [5, 5.41) is 59.7. The van der Waals surface area contributed by atoms with Crippen molar-refractivity contribution in [3.05, 3.63) is 71.8 Å². The van der Waals surface area contributed by atoms with Crippen LogP contribution in [0.2, 0.25) is 0 Å². The van der Waals surface area contributed by atoms with Gasteiger partial charge in [0.1, 0.15) is 60.5 Å². The number of rotatable bonds is 21. The standard InChI is InChI=1S/C46H68N6O14/c1-24(2)19-28(48-38(57)29(21-26-15-11-9-12-16-26)49-41(60)37-34(54)33(53)32(64-37)23-47-45(62)66-46(5,6)7)40(59)52-43-36(56)35(55)42(65-43)51-30(22-27-17-13-10-14-18-27)39(58)50-31(20-25(3)4)44(61)63-8/h9-18,24-25,28-37,42-43,51,53-56H,19-23H2,1-8H3,(H,47,62)(H,48,57)(H,49,60)(H,50,58)(H,52,59)/t28-,29-,30-,31-,32+,33-,34-,35-,36+,37+,42+,43+/m0/s1. The van der Waals surface area contributed by atoms with Gasteiger partial charge < -0.3 is 66.0 Å². The first kappa shape index (κ1) is 53.4. The molecule has 0 aliphatic carbocycles. The number of hydrogen-bond acceptors (Lipinski definition) is 15. The molecular formula is C46H68N6O14. The highest BCUT2D eigenvalue weighted by Crippen LogP contribution is 2.23. The van der Waals surface area contributed by atoms with Crippen LogP contribution in [0.5, 0.6) is 0 Å². The summed E-state index contributed by atoms with van der Waals surface area (Å²) in [6.45, 7) is 12.1. The van der Waals surface area contributed by atoms with Crippen LogP contribution in [0.1, 0.15) is 72.4 Å². The molecule has 20 heteroatoms. The lowest BCUT2D eigenvalue weighted by molar-refractivity contribution is -0.146. The summed E-state index contributed by atoms with van der Waals surface area (Å²) in [7, 11) is 1.22. The molecule has 5 amide bonds. The van der Waals surface area contributed by atoms with Gasteiger partial charge in [-0.1, -0.05) is 88.4 Å². The third-order valence-electron chi connectivity index (χ3n) is 10.7. The Morgan fingerprint density at radius 1 is 0.636 bits per heavy atom. The number of carbonyl (C=O) groups is 6. The first-order valence-corrected chi connectivity index (χ1v) is 22.2. The van der Waals surface area contributed by atoms with Crippen LogP contribution in [-0.2, 0) is 55.8 Å². The van der Waals surface area contributed by atoms with Crippen molar-refractivity contribution in [1.29, 1.82) is 0 Å². The molecule has 2 aliphatic rings. The number of methoxy groups -OCH3 is 1. The van der Waals surface area contributed by atoms with Crippen LogP contribution < -0.4 is 31.9 Å². The molecule has 2 aliphatic heterocycles. The minimum atomic E-state index is -1.73. The number of aliphatic hydroxyl groups is 4. The van der Waals surface area contributed by atoms with Gasteiger partial charge in [-0.3, -0.25) is 24.5 Å². The van der Waals surface area contributed by atoms with Gasteiger partial charge in [0.05, 0.1) is 13.2 Å². The maximum atomic E-state index is 14.1. The first-order valence-electron chi connectivity index (χ1n) is 22.2. The maximum Gasteiger partial charge on any atom is 0.407 e. The fourth-order valence-corrected chi connectivity index (χ4v) is 7.47. The normalized spacial score (nSPS) is 24.7. The number of nitrogens with one attached hydrogen (secondary N) is 6. The average Bonchev–Trinajstić information content (AvgIpc) is 3.69. The summed E-state index contributed by atoms with van der Waals surface area (Å²) in [5.41, 5.74) is 0.557. The average molecular weight is 929 g/mol. The van der Waals surface area contributed by atoms with Gasteiger partial charge in [0.15, 0.2) is 12.3 Å². The zero-order valence-electron chi connectivity index (χ0n) is 38.8. The van der Waals surface area contributed by atoms with Crippen molar-refractivity contribution in [2.75, 3.05) is 13.7 Å². The topological polar surface area (TPSA) is 292 Å². The van der Waals surface area contributed by atoms with Crippen molar-refractivity contribution in [2.45, 2.75) is 153 Å². The zero-order valence-corrected chi connectivity index (χ0v) is 38.8. The molecule has 0 spiro atoms. The Labute approximate surface area is 385 Å². The molecule has 12 atom stereocenters. The molecule has 2 aromatic rings. The van der Waals surface area contributed by atoms with Gasteiger partial charge in [0.2, 0.25) is 17.7 Å². The number of hydrogen-bond donors (Lipinski definition) is 10. The van der Waals surface area contributed by atoms with E-state index in [1.165, 1.54) is 7.11 Å².